The maximum atomic E-state index is 17.6. The zero-order valence-corrected chi connectivity index (χ0v) is 73.9. The van der Waals surface area contributed by atoms with Gasteiger partial charge in [0.25, 0.3) is 15.8 Å². The summed E-state index contributed by atoms with van der Waals surface area (Å²) < 4.78 is 105. The van der Waals surface area contributed by atoms with Gasteiger partial charge in [0, 0.05) is 78.4 Å². The van der Waals surface area contributed by atoms with E-state index in [0.717, 1.165) is 22.4 Å². The number of alkyl carbamates (subject to hydrolysis) is 1. The smallest absolute Gasteiger partial charge is 0.407 e. The first-order valence-electron chi connectivity index (χ1n) is 43.2. The number of carbonyl (C=O) groups is 11. The number of Topliss-reactive ketones (excluding diaryl/α,β-unsaturated/α-hetero) is 1. The average molecular weight is 1820 g/mol. The fourth-order valence-electron chi connectivity index (χ4n) is 17.0. The average Bonchev–Trinajstić information content (AvgIpc) is 1.44. The van der Waals surface area contributed by atoms with E-state index in [1.807, 2.05) is 53.2 Å². The maximum Gasteiger partial charge on any atom is 0.407 e. The minimum absolute atomic E-state index is 0.0119. The predicted molar refractivity (Wildman–Crippen MR) is 459 cm³/mol. The zero-order valence-electron chi connectivity index (χ0n) is 73.1. The number of para-hydroxylation sites is 1. The van der Waals surface area contributed by atoms with Crippen LogP contribution in [0.5, 0.6) is 0 Å². The summed E-state index contributed by atoms with van der Waals surface area (Å²) >= 11 is 0. The SMILES string of the molecule is CC(C)[C@H](NC(=O)CCOCCOCCOCCOCCNC(=O)CCC(=O)N1Cc2ccccc2-c2n[nH][n+](CCOCCOCCOCCOCCC(=O)NCCS(=O)(=O)O)c2-c2ccccc21)C(=O)N[C@@H](CCCNC(N)=O)C(=O)Nc1ccc(COC(=O)NCC(=O)NCOCC(=O)[C@@]2(O)[C@H](C)C[C@H]3[C@@H]4CCC5=CC(=O)C=C[C@]5(C)[C@@]4(F)[C@@H](O)C[C@@]32C)cc1. The van der Waals surface area contributed by atoms with Crippen LogP contribution in [0.2, 0.25) is 0 Å². The van der Waals surface area contributed by atoms with Crippen molar-refractivity contribution in [1.82, 2.24) is 47.5 Å². The highest BCUT2D eigenvalue weighted by molar-refractivity contribution is 7.85. The van der Waals surface area contributed by atoms with Gasteiger partial charge in [-0.15, -0.1) is 0 Å². The van der Waals surface area contributed by atoms with Crippen LogP contribution in [0.4, 0.5) is 25.4 Å². The van der Waals surface area contributed by atoms with E-state index in [4.69, 9.17) is 62.8 Å². The molecule has 4 aromatic rings. The van der Waals surface area contributed by atoms with Crippen LogP contribution in [-0.4, -0.2) is 279 Å². The Kier molecular flexibility index (Phi) is 39.4. The lowest BCUT2D eigenvalue weighted by Crippen LogP contribution is -2.69. The molecule has 704 valence electrons. The molecule has 14 N–H and O–H groups in total. The molecule has 5 aliphatic rings. The van der Waals surface area contributed by atoms with Crippen LogP contribution in [0.15, 0.2) is 96.6 Å². The number of allylic oxidation sites excluding steroid dienone is 4. The monoisotopic (exact) mass is 1820 g/mol. The Morgan fingerprint density at radius 1 is 0.680 bits per heavy atom. The lowest BCUT2D eigenvalue weighted by atomic mass is 9.44. The van der Waals surface area contributed by atoms with E-state index in [9.17, 15) is 71.4 Å². The third-order valence-electron chi connectivity index (χ3n) is 23.7. The lowest BCUT2D eigenvalue weighted by molar-refractivity contribution is -0.744. The van der Waals surface area contributed by atoms with Crippen molar-refractivity contribution < 1.29 is 132 Å². The molecule has 1 aromatic heterocycles. The summed E-state index contributed by atoms with van der Waals surface area (Å²) in [6.45, 7) is 11.3. The number of primary amides is 1. The molecule has 41 heteroatoms. The molecule has 10 atom stereocenters. The first kappa shape index (κ1) is 102. The molecular formula is C87H123FN13O26S+. The number of anilines is 2. The molecule has 3 aromatic carbocycles. The van der Waals surface area contributed by atoms with Gasteiger partial charge in [-0.05, 0) is 117 Å². The summed E-state index contributed by atoms with van der Waals surface area (Å²) in [5.74, 6) is -7.10. The van der Waals surface area contributed by atoms with Crippen molar-refractivity contribution in [3.8, 4) is 22.5 Å². The molecule has 3 saturated carbocycles. The number of hydrogen-bond donors (Lipinski definition) is 13. The number of aliphatic hydroxyl groups is 2. The van der Waals surface area contributed by atoms with Gasteiger partial charge in [-0.1, -0.05) is 87.0 Å². The number of urea groups is 1. The highest BCUT2D eigenvalue weighted by atomic mass is 32.2. The predicted octanol–water partition coefficient (Wildman–Crippen LogP) is 2.64. The first-order chi connectivity index (χ1) is 61.3. The number of benzene rings is 3. The standard InChI is InChI=1S/C87H122FN13O26S/c1-57(2)77(81(111)96-68(14-10-28-92-82(89)112)80(110)95-62-19-16-59(17-20-62)54-127-83(113)93-52-75(108)94-56-126-55-71(104)87(114)58(3)49-67-66-21-18-61-50-63(102)24-27-84(61,4)86(66,88)70(103)51-85(67,87)5)97-74(107)26-33-119-37-41-123-44-46-124-42-38-120-34-29-90-72(105)22-23-76(109)100-53-60-11-6-7-12-64(60)78-79(65-13-8-9-15-69(65)100)101(99-98-78)31-35-121-39-43-125-47-45-122-40-36-118-32-25-73(106)91-30-48-128(115,116)117/h6-9,11-13,15-17,19-20,24,27,50,57-58,66-68,70,77,103,114H,10,14,18,21-23,25-26,28-49,51-56H2,1-5H3,(H11,89,90,91,92,93,94,95,96,97,105,106,107,108,110,111,112,113,115,116,117)/p+1/t58-,66+,67+,68+,70+,77+,84+,85+,86+,87+/m1/s1. The van der Waals surface area contributed by atoms with Gasteiger partial charge < -0.3 is 111 Å². The fourth-order valence-corrected chi connectivity index (χ4v) is 17.4. The number of nitrogens with zero attached hydrogens (tertiary/aromatic N) is 3. The lowest BCUT2D eigenvalue weighted by Gasteiger charge is -2.62. The number of hydrogen-bond acceptors (Lipinski definition) is 26. The Hall–Kier alpha value is -10.2. The molecule has 0 spiro atoms. The van der Waals surface area contributed by atoms with Crippen LogP contribution < -0.4 is 57.8 Å². The summed E-state index contributed by atoms with van der Waals surface area (Å²) in [5, 5.41) is 52.4. The Morgan fingerprint density at radius 3 is 1.93 bits per heavy atom. The number of ketones is 2. The largest absolute Gasteiger partial charge is 0.445 e. The molecule has 1 aliphatic heterocycles. The molecule has 0 saturated heterocycles. The second-order valence-corrected chi connectivity index (χ2v) is 34.3. The van der Waals surface area contributed by atoms with Crippen molar-refractivity contribution in [1.29, 1.82) is 0 Å². The number of fused-ring (bicyclic) bond motifs is 10. The van der Waals surface area contributed by atoms with Gasteiger partial charge in [0.05, 0.1) is 135 Å². The molecule has 2 heterocycles. The van der Waals surface area contributed by atoms with Gasteiger partial charge in [-0.3, -0.25) is 47.7 Å². The minimum atomic E-state index is -4.15. The number of halogens is 1. The maximum absolute atomic E-state index is 17.6. The molecule has 0 bridgehead atoms. The van der Waals surface area contributed by atoms with Crippen LogP contribution in [0, 0.1) is 34.5 Å². The number of rotatable bonds is 55. The van der Waals surface area contributed by atoms with E-state index in [1.165, 1.54) is 24.3 Å². The Bertz CT molecular complexity index is 4620. The second kappa shape index (κ2) is 49.6. The zero-order chi connectivity index (χ0) is 92.4. The Balaban J connectivity index is 0.587. The van der Waals surface area contributed by atoms with E-state index in [0.29, 0.717) is 87.0 Å². The Labute approximate surface area is 742 Å². The van der Waals surface area contributed by atoms with Crippen LogP contribution in [0.1, 0.15) is 110 Å². The molecule has 10 amide bonds. The van der Waals surface area contributed by atoms with Crippen molar-refractivity contribution in [2.75, 3.05) is 161 Å². The topological polar surface area (TPSA) is 533 Å². The normalized spacial score (nSPS) is 21.2. The molecular weight excluding hydrogens is 1690 g/mol. The summed E-state index contributed by atoms with van der Waals surface area (Å²) in [4.78, 5) is 144. The van der Waals surface area contributed by atoms with E-state index in [1.54, 1.807) is 57.7 Å². The molecule has 0 unspecified atom stereocenters. The number of nitrogens with one attached hydrogen (secondary N) is 9. The minimum Gasteiger partial charge on any atom is -0.445 e. The van der Waals surface area contributed by atoms with Crippen molar-refractivity contribution in [3.05, 3.63) is 108 Å². The van der Waals surface area contributed by atoms with Gasteiger partial charge in [0.2, 0.25) is 47.0 Å². The molecule has 3 fully saturated rings. The number of carbonyl (C=O) groups excluding carboxylic acids is 11. The van der Waals surface area contributed by atoms with Gasteiger partial charge in [0.1, 0.15) is 50.7 Å². The number of nitrogens with two attached hydrogens (primary N) is 1. The fraction of sp³-hybridized carbons (Fsp3) is 0.598. The summed E-state index contributed by atoms with van der Waals surface area (Å²) in [6.07, 6.45) is 2.79. The van der Waals surface area contributed by atoms with Crippen molar-refractivity contribution in [2.24, 2.45) is 40.2 Å². The molecule has 128 heavy (non-hydrogen) atoms. The number of H-pyrrole nitrogens is 1. The van der Waals surface area contributed by atoms with Gasteiger partial charge in [-0.25, -0.2) is 14.0 Å². The van der Waals surface area contributed by atoms with E-state index >= 15 is 4.39 Å². The summed E-state index contributed by atoms with van der Waals surface area (Å²) in [7, 11) is -4.15. The van der Waals surface area contributed by atoms with E-state index in [2.05, 4.69) is 47.7 Å². The molecule has 0 radical (unpaired) electrons. The second-order valence-electron chi connectivity index (χ2n) is 32.7. The first-order valence-corrected chi connectivity index (χ1v) is 44.8. The van der Waals surface area contributed by atoms with E-state index in [-0.39, 0.29) is 168 Å². The molecule has 39 nitrogen and oxygen atoms in total. The van der Waals surface area contributed by atoms with Gasteiger partial charge in [-0.2, -0.15) is 13.1 Å². The van der Waals surface area contributed by atoms with Crippen LogP contribution in [0.3, 0.4) is 0 Å². The summed E-state index contributed by atoms with van der Waals surface area (Å²) in [6, 6.07) is 18.5. The van der Waals surface area contributed by atoms with Gasteiger partial charge in [0.15, 0.2) is 17.2 Å². The highest BCUT2D eigenvalue weighted by Crippen LogP contribution is 2.71. The summed E-state index contributed by atoms with van der Waals surface area (Å²) in [5.41, 5.74) is 4.69. The Morgan fingerprint density at radius 2 is 1.28 bits per heavy atom. The van der Waals surface area contributed by atoms with Crippen molar-refractivity contribution >= 4 is 86.5 Å². The number of aliphatic hydroxyl groups excluding tert-OH is 1. The quantitative estimate of drug-likeness (QED) is 0.0131. The third kappa shape index (κ3) is 28.4. The van der Waals surface area contributed by atoms with Gasteiger partial charge >= 0.3 is 12.1 Å². The van der Waals surface area contributed by atoms with Crippen molar-refractivity contribution in [3.63, 3.8) is 0 Å². The van der Waals surface area contributed by atoms with Crippen molar-refractivity contribution in [2.45, 2.75) is 148 Å². The van der Waals surface area contributed by atoms with Crippen LogP contribution in [0.25, 0.3) is 22.5 Å². The number of aromatic nitrogens is 3. The number of amides is 10. The number of alkyl halides is 1. The third-order valence-corrected chi connectivity index (χ3v) is 24.4. The molecule has 9 rings (SSSR count). The number of ether oxygens (including phenoxy) is 10. The van der Waals surface area contributed by atoms with Crippen LogP contribution in [-0.2, 0) is 120 Å². The van der Waals surface area contributed by atoms with Crippen LogP contribution >= 0.6 is 0 Å². The number of aromatic amines is 1. The highest BCUT2D eigenvalue weighted by Gasteiger charge is 2.75. The molecule has 4 aliphatic carbocycles. The van der Waals surface area contributed by atoms with E-state index < -0.39 is 147 Å².